The van der Waals surface area contributed by atoms with E-state index in [0.717, 1.165) is 16.3 Å². The van der Waals surface area contributed by atoms with Crippen molar-refractivity contribution in [3.05, 3.63) is 40.5 Å². The zero-order valence-electron chi connectivity index (χ0n) is 10.4. The lowest BCUT2D eigenvalue weighted by Crippen LogP contribution is -2.10. The molecule has 1 unspecified atom stereocenters. The first-order chi connectivity index (χ1) is 8.61. The highest BCUT2D eigenvalue weighted by Crippen LogP contribution is 2.30. The minimum atomic E-state index is -0.246. The van der Waals surface area contributed by atoms with Crippen LogP contribution in [0.15, 0.2) is 29.6 Å². The van der Waals surface area contributed by atoms with E-state index < -0.39 is 0 Å². The summed E-state index contributed by atoms with van der Waals surface area (Å²) in [7, 11) is 0. The van der Waals surface area contributed by atoms with Gasteiger partial charge in [-0.25, -0.2) is 9.37 Å². The largest absolute Gasteiger partial charge is 0.396 e. The number of thiazole rings is 1. The summed E-state index contributed by atoms with van der Waals surface area (Å²) in [5.41, 5.74) is 1.74. The Morgan fingerprint density at radius 1 is 1.28 bits per heavy atom. The maximum atomic E-state index is 12.8. The Kier molecular flexibility index (Phi) is 4.09. The van der Waals surface area contributed by atoms with Gasteiger partial charge in [-0.15, -0.1) is 11.3 Å². The smallest absolute Gasteiger partial charge is 0.123 e. The van der Waals surface area contributed by atoms with Crippen LogP contribution in [0.4, 0.5) is 4.39 Å². The standard InChI is InChI=1S/C14H16FNOS/c1-9(2)12(7-17)14-16-13(8-18-14)10-3-5-11(15)6-4-10/h3-6,8-9,12,17H,7H2,1-2H3. The number of nitrogens with zero attached hydrogens (tertiary/aromatic N) is 1. The van der Waals surface area contributed by atoms with Crippen LogP contribution in [-0.2, 0) is 0 Å². The fourth-order valence-electron chi connectivity index (χ4n) is 1.79. The number of hydrogen-bond acceptors (Lipinski definition) is 3. The van der Waals surface area contributed by atoms with Crippen molar-refractivity contribution in [2.45, 2.75) is 19.8 Å². The van der Waals surface area contributed by atoms with Crippen molar-refractivity contribution in [2.75, 3.05) is 6.61 Å². The van der Waals surface area contributed by atoms with E-state index in [1.807, 2.05) is 5.38 Å². The van der Waals surface area contributed by atoms with Gasteiger partial charge in [0.1, 0.15) is 5.82 Å². The molecule has 2 rings (SSSR count). The van der Waals surface area contributed by atoms with Gasteiger partial charge in [-0.3, -0.25) is 0 Å². The van der Waals surface area contributed by atoms with E-state index in [4.69, 9.17) is 0 Å². The average Bonchev–Trinajstić information content (AvgIpc) is 2.80. The minimum absolute atomic E-state index is 0.0733. The lowest BCUT2D eigenvalue weighted by molar-refractivity contribution is 0.237. The first-order valence-electron chi connectivity index (χ1n) is 5.94. The third-order valence-corrected chi connectivity index (χ3v) is 3.96. The number of benzene rings is 1. The molecule has 96 valence electrons. The molecule has 0 aliphatic rings. The molecule has 0 spiro atoms. The number of aliphatic hydroxyl groups is 1. The van der Waals surface area contributed by atoms with Gasteiger partial charge in [0, 0.05) is 16.9 Å². The Balaban J connectivity index is 2.27. The van der Waals surface area contributed by atoms with Crippen LogP contribution < -0.4 is 0 Å². The van der Waals surface area contributed by atoms with Crippen molar-refractivity contribution in [1.29, 1.82) is 0 Å². The third-order valence-electron chi connectivity index (χ3n) is 2.98. The van der Waals surface area contributed by atoms with E-state index in [-0.39, 0.29) is 18.3 Å². The topological polar surface area (TPSA) is 33.1 Å². The van der Waals surface area contributed by atoms with E-state index in [2.05, 4.69) is 18.8 Å². The number of hydrogen-bond donors (Lipinski definition) is 1. The van der Waals surface area contributed by atoms with Crippen molar-refractivity contribution in [1.82, 2.24) is 4.98 Å². The van der Waals surface area contributed by atoms with E-state index in [0.29, 0.717) is 5.92 Å². The number of aromatic nitrogens is 1. The summed E-state index contributed by atoms with van der Waals surface area (Å²) in [6.45, 7) is 4.24. The highest BCUT2D eigenvalue weighted by Gasteiger charge is 2.18. The molecule has 18 heavy (non-hydrogen) atoms. The highest BCUT2D eigenvalue weighted by atomic mass is 32.1. The van der Waals surface area contributed by atoms with Gasteiger partial charge in [-0.1, -0.05) is 13.8 Å². The summed E-state index contributed by atoms with van der Waals surface area (Å²) >= 11 is 1.54. The van der Waals surface area contributed by atoms with Crippen LogP contribution in [-0.4, -0.2) is 16.7 Å². The first-order valence-corrected chi connectivity index (χ1v) is 6.82. The summed E-state index contributed by atoms with van der Waals surface area (Å²) in [6.07, 6.45) is 0. The molecule has 0 radical (unpaired) electrons. The van der Waals surface area contributed by atoms with E-state index in [9.17, 15) is 9.50 Å². The van der Waals surface area contributed by atoms with Crippen LogP contribution in [0.2, 0.25) is 0 Å². The van der Waals surface area contributed by atoms with Crippen LogP contribution in [0.5, 0.6) is 0 Å². The second-order valence-electron chi connectivity index (χ2n) is 4.61. The molecule has 2 nitrogen and oxygen atoms in total. The monoisotopic (exact) mass is 265 g/mol. The Hall–Kier alpha value is -1.26. The Morgan fingerprint density at radius 2 is 1.94 bits per heavy atom. The Morgan fingerprint density at radius 3 is 2.50 bits per heavy atom. The predicted octanol–water partition coefficient (Wildman–Crippen LogP) is 3.68. The lowest BCUT2D eigenvalue weighted by Gasteiger charge is -2.14. The molecule has 0 aliphatic carbocycles. The molecule has 1 heterocycles. The van der Waals surface area contributed by atoms with Crippen LogP contribution in [0.3, 0.4) is 0 Å². The van der Waals surface area contributed by atoms with Crippen molar-refractivity contribution in [3.63, 3.8) is 0 Å². The van der Waals surface area contributed by atoms with Crippen LogP contribution >= 0.6 is 11.3 Å². The highest BCUT2D eigenvalue weighted by molar-refractivity contribution is 7.10. The molecule has 1 aromatic heterocycles. The molecule has 0 saturated heterocycles. The molecule has 0 amide bonds. The third kappa shape index (κ3) is 2.76. The van der Waals surface area contributed by atoms with Gasteiger partial charge in [0.25, 0.3) is 0 Å². The fraction of sp³-hybridized carbons (Fsp3) is 0.357. The van der Waals surface area contributed by atoms with Crippen molar-refractivity contribution < 1.29 is 9.50 Å². The van der Waals surface area contributed by atoms with Gasteiger partial charge in [-0.2, -0.15) is 0 Å². The summed E-state index contributed by atoms with van der Waals surface area (Å²) in [5.74, 6) is 0.177. The normalized spacial score (nSPS) is 12.9. The van der Waals surface area contributed by atoms with E-state index >= 15 is 0 Å². The number of halogens is 1. The van der Waals surface area contributed by atoms with Gasteiger partial charge in [0.05, 0.1) is 17.3 Å². The van der Waals surface area contributed by atoms with Gasteiger partial charge < -0.3 is 5.11 Å². The van der Waals surface area contributed by atoms with E-state index in [1.54, 1.807) is 23.5 Å². The molecular weight excluding hydrogens is 249 g/mol. The van der Waals surface area contributed by atoms with Crippen molar-refractivity contribution >= 4 is 11.3 Å². The molecule has 0 aliphatic heterocycles. The maximum Gasteiger partial charge on any atom is 0.123 e. The SMILES string of the molecule is CC(C)C(CO)c1nc(-c2ccc(F)cc2)cs1. The summed E-state index contributed by atoms with van der Waals surface area (Å²) in [6, 6.07) is 6.30. The second-order valence-corrected chi connectivity index (χ2v) is 5.50. The zero-order chi connectivity index (χ0) is 13.1. The van der Waals surface area contributed by atoms with Gasteiger partial charge in [0.2, 0.25) is 0 Å². The quantitative estimate of drug-likeness (QED) is 0.914. The average molecular weight is 265 g/mol. The fourth-order valence-corrected chi connectivity index (χ4v) is 2.88. The molecule has 0 bridgehead atoms. The molecule has 1 atom stereocenters. The molecular formula is C14H16FNOS. The van der Waals surface area contributed by atoms with Gasteiger partial charge in [-0.05, 0) is 30.2 Å². The molecule has 4 heteroatoms. The van der Waals surface area contributed by atoms with Gasteiger partial charge in [0.15, 0.2) is 0 Å². The Labute approximate surface area is 110 Å². The zero-order valence-corrected chi connectivity index (χ0v) is 11.2. The van der Waals surface area contributed by atoms with E-state index in [1.165, 1.54) is 12.1 Å². The van der Waals surface area contributed by atoms with Crippen LogP contribution in [0, 0.1) is 11.7 Å². The first kappa shape index (κ1) is 13.2. The summed E-state index contributed by atoms with van der Waals surface area (Å²) < 4.78 is 12.8. The number of rotatable bonds is 4. The minimum Gasteiger partial charge on any atom is -0.396 e. The Bertz CT molecular complexity index is 507. The molecule has 0 fully saturated rings. The second kappa shape index (κ2) is 5.59. The molecule has 1 N–H and O–H groups in total. The van der Waals surface area contributed by atoms with Crippen molar-refractivity contribution in [2.24, 2.45) is 5.92 Å². The molecule has 2 aromatic rings. The number of aliphatic hydroxyl groups excluding tert-OH is 1. The summed E-state index contributed by atoms with van der Waals surface area (Å²) in [5, 5.41) is 12.3. The van der Waals surface area contributed by atoms with Crippen LogP contribution in [0.1, 0.15) is 24.8 Å². The molecule has 1 aromatic carbocycles. The maximum absolute atomic E-state index is 12.8. The lowest BCUT2D eigenvalue weighted by atomic mass is 9.98. The summed E-state index contributed by atoms with van der Waals surface area (Å²) in [4.78, 5) is 4.54. The van der Waals surface area contributed by atoms with Crippen molar-refractivity contribution in [3.8, 4) is 11.3 Å². The molecule has 0 saturated carbocycles. The predicted molar refractivity (Wildman–Crippen MR) is 72.2 cm³/mol. The van der Waals surface area contributed by atoms with Crippen LogP contribution in [0.25, 0.3) is 11.3 Å². The van der Waals surface area contributed by atoms with Gasteiger partial charge >= 0.3 is 0 Å².